The third-order valence-corrected chi connectivity index (χ3v) is 5.57. The number of amides is 2. The standard InChI is InChI=1S/C25H29BrN2O3/c1-18(2)31-22-13-7-19(8-14-22)17-23(25(30)28-15-5-3-4-6-16-28)27-24(29)20-9-11-21(26)12-10-20/h7-14,17-18H,3-6,15-16H2,1-2H3,(H,27,29)/b23-17-. The molecule has 0 atom stereocenters. The molecule has 0 aliphatic carbocycles. The fraction of sp³-hybridized carbons (Fsp3) is 0.360. The maximum atomic E-state index is 13.3. The van der Waals surface area contributed by atoms with Crippen LogP contribution in [0.2, 0.25) is 0 Å². The highest BCUT2D eigenvalue weighted by molar-refractivity contribution is 9.10. The summed E-state index contributed by atoms with van der Waals surface area (Å²) in [5.41, 5.74) is 1.61. The van der Waals surface area contributed by atoms with Gasteiger partial charge in [0.15, 0.2) is 0 Å². The van der Waals surface area contributed by atoms with Crippen LogP contribution in [-0.4, -0.2) is 35.9 Å². The van der Waals surface area contributed by atoms with Crippen LogP contribution < -0.4 is 10.1 Å². The minimum atomic E-state index is -0.304. The molecule has 6 heteroatoms. The predicted molar refractivity (Wildman–Crippen MR) is 127 cm³/mol. The van der Waals surface area contributed by atoms with Crippen LogP contribution in [0, 0.1) is 0 Å². The summed E-state index contributed by atoms with van der Waals surface area (Å²) in [6.45, 7) is 5.38. The maximum absolute atomic E-state index is 13.3. The van der Waals surface area contributed by atoms with Gasteiger partial charge in [-0.3, -0.25) is 9.59 Å². The molecule has 1 aliphatic heterocycles. The lowest BCUT2D eigenvalue weighted by molar-refractivity contribution is -0.127. The molecule has 0 spiro atoms. The Labute approximate surface area is 192 Å². The summed E-state index contributed by atoms with van der Waals surface area (Å²) < 4.78 is 6.59. The molecule has 3 rings (SSSR count). The first-order valence-electron chi connectivity index (χ1n) is 10.8. The number of hydrogen-bond acceptors (Lipinski definition) is 3. The molecule has 1 N–H and O–H groups in total. The summed E-state index contributed by atoms with van der Waals surface area (Å²) in [4.78, 5) is 28.0. The van der Waals surface area contributed by atoms with Gasteiger partial charge in [0, 0.05) is 23.1 Å². The number of hydrogen-bond donors (Lipinski definition) is 1. The van der Waals surface area contributed by atoms with Crippen molar-refractivity contribution in [3.63, 3.8) is 0 Å². The summed E-state index contributed by atoms with van der Waals surface area (Å²) in [6.07, 6.45) is 6.06. The Morgan fingerprint density at radius 1 is 0.968 bits per heavy atom. The zero-order chi connectivity index (χ0) is 22.2. The number of benzene rings is 2. The van der Waals surface area contributed by atoms with Crippen LogP contribution >= 0.6 is 15.9 Å². The summed E-state index contributed by atoms with van der Waals surface area (Å²) in [7, 11) is 0. The van der Waals surface area contributed by atoms with Gasteiger partial charge in [-0.1, -0.05) is 40.9 Å². The number of nitrogens with zero attached hydrogens (tertiary/aromatic N) is 1. The van der Waals surface area contributed by atoms with Crippen LogP contribution in [0.4, 0.5) is 0 Å². The molecule has 164 valence electrons. The maximum Gasteiger partial charge on any atom is 0.270 e. The van der Waals surface area contributed by atoms with Gasteiger partial charge < -0.3 is 15.0 Å². The molecular weight excluding hydrogens is 456 g/mol. The quantitative estimate of drug-likeness (QED) is 0.557. The number of carbonyl (C=O) groups excluding carboxylic acids is 2. The first-order chi connectivity index (χ1) is 14.9. The third kappa shape index (κ3) is 6.96. The van der Waals surface area contributed by atoms with E-state index in [-0.39, 0.29) is 23.6 Å². The largest absolute Gasteiger partial charge is 0.491 e. The Morgan fingerprint density at radius 3 is 2.16 bits per heavy atom. The van der Waals surface area contributed by atoms with Crippen molar-refractivity contribution < 1.29 is 14.3 Å². The first-order valence-corrected chi connectivity index (χ1v) is 11.6. The highest BCUT2D eigenvalue weighted by Gasteiger charge is 2.22. The molecule has 1 saturated heterocycles. The average molecular weight is 485 g/mol. The van der Waals surface area contributed by atoms with Crippen molar-refractivity contribution in [3.05, 3.63) is 69.8 Å². The molecule has 0 bridgehead atoms. The van der Waals surface area contributed by atoms with E-state index in [9.17, 15) is 9.59 Å². The number of ether oxygens (including phenoxy) is 1. The highest BCUT2D eigenvalue weighted by Crippen LogP contribution is 2.18. The van der Waals surface area contributed by atoms with E-state index in [1.807, 2.05) is 55.1 Å². The van der Waals surface area contributed by atoms with Crippen molar-refractivity contribution in [2.24, 2.45) is 0 Å². The molecule has 1 heterocycles. The minimum Gasteiger partial charge on any atom is -0.491 e. The van der Waals surface area contributed by atoms with E-state index >= 15 is 0 Å². The lowest BCUT2D eigenvalue weighted by Crippen LogP contribution is -2.39. The van der Waals surface area contributed by atoms with Gasteiger partial charge in [0.2, 0.25) is 0 Å². The topological polar surface area (TPSA) is 58.6 Å². The summed E-state index contributed by atoms with van der Waals surface area (Å²) in [5.74, 6) is 0.322. The SMILES string of the molecule is CC(C)Oc1ccc(/C=C(\NC(=O)c2ccc(Br)cc2)C(=O)N2CCCCCC2)cc1. The van der Waals surface area contributed by atoms with Crippen molar-refractivity contribution in [1.29, 1.82) is 0 Å². The summed E-state index contributed by atoms with van der Waals surface area (Å²) in [5, 5.41) is 2.85. The summed E-state index contributed by atoms with van der Waals surface area (Å²) >= 11 is 3.38. The van der Waals surface area contributed by atoms with Crippen molar-refractivity contribution >= 4 is 33.8 Å². The monoisotopic (exact) mass is 484 g/mol. The second-order valence-electron chi connectivity index (χ2n) is 7.96. The van der Waals surface area contributed by atoms with E-state index in [1.54, 1.807) is 18.2 Å². The van der Waals surface area contributed by atoms with Gasteiger partial charge in [-0.15, -0.1) is 0 Å². The second kappa shape index (κ2) is 11.1. The number of carbonyl (C=O) groups is 2. The molecule has 2 aromatic carbocycles. The second-order valence-corrected chi connectivity index (χ2v) is 8.88. The van der Waals surface area contributed by atoms with E-state index in [4.69, 9.17) is 4.74 Å². The molecule has 1 aliphatic rings. The van der Waals surface area contributed by atoms with Gasteiger partial charge in [-0.05, 0) is 74.7 Å². The molecule has 2 aromatic rings. The minimum absolute atomic E-state index is 0.0896. The van der Waals surface area contributed by atoms with Crippen LogP contribution in [0.15, 0.2) is 58.7 Å². The Hall–Kier alpha value is -2.60. The van der Waals surface area contributed by atoms with Crippen molar-refractivity contribution in [2.75, 3.05) is 13.1 Å². The molecular formula is C25H29BrN2O3. The Bertz CT molecular complexity index is 913. The van der Waals surface area contributed by atoms with Gasteiger partial charge >= 0.3 is 0 Å². The van der Waals surface area contributed by atoms with Crippen LogP contribution in [0.3, 0.4) is 0 Å². The molecule has 2 amide bonds. The molecule has 0 unspecified atom stereocenters. The molecule has 1 fully saturated rings. The first kappa shape index (κ1) is 23.1. The highest BCUT2D eigenvalue weighted by atomic mass is 79.9. The molecule has 0 saturated carbocycles. The molecule has 0 aromatic heterocycles. The van der Waals surface area contributed by atoms with Crippen LogP contribution in [0.1, 0.15) is 55.5 Å². The van der Waals surface area contributed by atoms with Crippen molar-refractivity contribution in [1.82, 2.24) is 10.2 Å². The van der Waals surface area contributed by atoms with Gasteiger partial charge in [0.1, 0.15) is 11.4 Å². The Kier molecular flexibility index (Phi) is 8.29. The number of halogens is 1. The van der Waals surface area contributed by atoms with E-state index in [2.05, 4.69) is 21.2 Å². The van der Waals surface area contributed by atoms with Gasteiger partial charge in [-0.25, -0.2) is 0 Å². The van der Waals surface area contributed by atoms with Crippen molar-refractivity contribution in [3.8, 4) is 5.75 Å². The molecule has 31 heavy (non-hydrogen) atoms. The van der Waals surface area contributed by atoms with E-state index in [0.29, 0.717) is 18.7 Å². The number of rotatable bonds is 6. The zero-order valence-electron chi connectivity index (χ0n) is 18.1. The lowest BCUT2D eigenvalue weighted by Gasteiger charge is -2.22. The predicted octanol–water partition coefficient (Wildman–Crippen LogP) is 5.41. The van der Waals surface area contributed by atoms with E-state index in [0.717, 1.165) is 41.5 Å². The normalized spacial score (nSPS) is 14.8. The lowest BCUT2D eigenvalue weighted by atomic mass is 10.1. The van der Waals surface area contributed by atoms with Crippen molar-refractivity contribution in [2.45, 2.75) is 45.6 Å². The number of nitrogens with one attached hydrogen (secondary N) is 1. The fourth-order valence-electron chi connectivity index (χ4n) is 3.47. The fourth-order valence-corrected chi connectivity index (χ4v) is 3.74. The van der Waals surface area contributed by atoms with Crippen LogP contribution in [0.25, 0.3) is 6.08 Å². The zero-order valence-corrected chi connectivity index (χ0v) is 19.7. The van der Waals surface area contributed by atoms with Crippen LogP contribution in [-0.2, 0) is 4.79 Å². The van der Waals surface area contributed by atoms with Gasteiger partial charge in [0.25, 0.3) is 11.8 Å². The smallest absolute Gasteiger partial charge is 0.270 e. The van der Waals surface area contributed by atoms with Crippen LogP contribution in [0.5, 0.6) is 5.75 Å². The van der Waals surface area contributed by atoms with E-state index in [1.165, 1.54) is 0 Å². The van der Waals surface area contributed by atoms with Gasteiger partial charge in [-0.2, -0.15) is 0 Å². The Balaban J connectivity index is 1.85. The molecule has 5 nitrogen and oxygen atoms in total. The average Bonchev–Trinajstić information content (AvgIpc) is 3.04. The number of likely N-dealkylation sites (tertiary alicyclic amines) is 1. The third-order valence-electron chi connectivity index (χ3n) is 5.04. The van der Waals surface area contributed by atoms with Gasteiger partial charge in [0.05, 0.1) is 6.10 Å². The summed E-state index contributed by atoms with van der Waals surface area (Å²) in [6, 6.07) is 14.6. The van der Waals surface area contributed by atoms with E-state index < -0.39 is 0 Å². The molecule has 0 radical (unpaired) electrons. The Morgan fingerprint density at radius 2 is 1.58 bits per heavy atom.